The van der Waals surface area contributed by atoms with Crippen LogP contribution in [0.1, 0.15) is 5.76 Å². The highest BCUT2D eigenvalue weighted by atomic mass is 19.1. The van der Waals surface area contributed by atoms with E-state index in [1.54, 1.807) is 0 Å². The van der Waals surface area contributed by atoms with Gasteiger partial charge in [-0.3, -0.25) is 0 Å². The second-order valence-electron chi connectivity index (χ2n) is 3.29. The van der Waals surface area contributed by atoms with Gasteiger partial charge in [0.2, 0.25) is 5.71 Å². The lowest BCUT2D eigenvalue weighted by atomic mass is 10.3. The summed E-state index contributed by atoms with van der Waals surface area (Å²) in [6.45, 7) is 1.86. The molecular weight excluding hydrogens is 183 g/mol. The van der Waals surface area contributed by atoms with Crippen molar-refractivity contribution in [2.45, 2.75) is 6.92 Å². The van der Waals surface area contributed by atoms with Crippen molar-refractivity contribution in [2.75, 3.05) is 0 Å². The predicted octanol–water partition coefficient (Wildman–Crippen LogP) is 2.76. The summed E-state index contributed by atoms with van der Waals surface area (Å²) in [5, 5.41) is 0.886. The summed E-state index contributed by atoms with van der Waals surface area (Å²) in [5.74, 6) is 0.428. The van der Waals surface area contributed by atoms with Crippen molar-refractivity contribution in [1.82, 2.24) is 9.97 Å². The lowest BCUT2D eigenvalue weighted by Crippen LogP contribution is -1.74. The van der Waals surface area contributed by atoms with Gasteiger partial charge in [-0.2, -0.15) is 4.39 Å². The third-order valence-electron chi connectivity index (χ3n) is 2.18. The van der Waals surface area contributed by atoms with Gasteiger partial charge in [-0.05, 0) is 19.1 Å². The number of H-pyrrole nitrogens is 1. The van der Waals surface area contributed by atoms with Gasteiger partial charge in [-0.15, -0.1) is 0 Å². The fraction of sp³-hybridized carbons (Fsp3) is 0.100. The van der Waals surface area contributed by atoms with Crippen molar-refractivity contribution < 1.29 is 8.81 Å². The van der Waals surface area contributed by atoms with Crippen LogP contribution < -0.4 is 0 Å². The van der Waals surface area contributed by atoms with Crippen LogP contribution in [0.15, 0.2) is 22.6 Å². The Bertz CT molecular complexity index is 521. The molecule has 0 bridgehead atoms. The van der Waals surface area contributed by atoms with E-state index in [0.717, 1.165) is 11.1 Å². The smallest absolute Gasteiger partial charge is 0.226 e. The van der Waals surface area contributed by atoms with E-state index in [2.05, 4.69) is 9.97 Å². The van der Waals surface area contributed by atoms with Gasteiger partial charge >= 0.3 is 0 Å². The van der Waals surface area contributed by atoms with Crippen LogP contribution in [-0.4, -0.2) is 9.97 Å². The number of fused-ring (bicyclic) bond motifs is 2. The Hall–Kier alpha value is -1.84. The molecule has 3 nitrogen and oxygen atoms in total. The van der Waals surface area contributed by atoms with Gasteiger partial charge in [0.05, 0.1) is 11.0 Å². The molecule has 0 aliphatic rings. The van der Waals surface area contributed by atoms with E-state index in [-0.39, 0.29) is 5.95 Å². The van der Waals surface area contributed by atoms with Crippen molar-refractivity contribution >= 4 is 22.1 Å². The molecule has 1 N–H and O–H groups in total. The average molecular weight is 190 g/mol. The zero-order chi connectivity index (χ0) is 9.71. The minimum Gasteiger partial charge on any atom is -0.443 e. The molecule has 3 aromatic rings. The first kappa shape index (κ1) is 7.55. The summed E-state index contributed by atoms with van der Waals surface area (Å²) in [5.41, 5.74) is 1.83. The van der Waals surface area contributed by atoms with Gasteiger partial charge < -0.3 is 9.40 Å². The van der Waals surface area contributed by atoms with Crippen LogP contribution >= 0.6 is 0 Å². The maximum atomic E-state index is 12.8. The summed E-state index contributed by atoms with van der Waals surface area (Å²) < 4.78 is 18.2. The van der Waals surface area contributed by atoms with Gasteiger partial charge in [0.25, 0.3) is 0 Å². The largest absolute Gasteiger partial charge is 0.443 e. The number of aromatic amines is 1. The zero-order valence-corrected chi connectivity index (χ0v) is 7.47. The Morgan fingerprint density at radius 2 is 2.21 bits per heavy atom. The van der Waals surface area contributed by atoms with E-state index >= 15 is 0 Å². The molecule has 0 amide bonds. The fourth-order valence-corrected chi connectivity index (χ4v) is 1.61. The molecule has 3 rings (SSSR count). The molecule has 0 unspecified atom stereocenters. The Balaban J connectivity index is 2.49. The highest BCUT2D eigenvalue weighted by molar-refractivity contribution is 5.88. The van der Waals surface area contributed by atoms with Gasteiger partial charge in [0, 0.05) is 11.5 Å². The molecule has 0 aliphatic heterocycles. The molecule has 0 aromatic carbocycles. The topological polar surface area (TPSA) is 41.8 Å². The molecule has 0 saturated heterocycles. The fourth-order valence-electron chi connectivity index (χ4n) is 1.61. The van der Waals surface area contributed by atoms with Crippen LogP contribution in [0.5, 0.6) is 0 Å². The first-order valence-electron chi connectivity index (χ1n) is 4.28. The second kappa shape index (κ2) is 2.35. The molecule has 0 spiro atoms. The van der Waals surface area contributed by atoms with E-state index in [9.17, 15) is 4.39 Å². The number of pyridine rings is 1. The van der Waals surface area contributed by atoms with Crippen molar-refractivity contribution in [1.29, 1.82) is 0 Å². The zero-order valence-electron chi connectivity index (χ0n) is 7.47. The van der Waals surface area contributed by atoms with Crippen LogP contribution in [0.3, 0.4) is 0 Å². The number of rotatable bonds is 0. The highest BCUT2D eigenvalue weighted by Crippen LogP contribution is 2.22. The van der Waals surface area contributed by atoms with Gasteiger partial charge in [-0.25, -0.2) is 4.98 Å². The number of nitrogens with one attached hydrogen (secondary N) is 1. The second-order valence-corrected chi connectivity index (χ2v) is 3.29. The minimum absolute atomic E-state index is 0.378. The van der Waals surface area contributed by atoms with Crippen LogP contribution in [0, 0.1) is 12.9 Å². The molecule has 3 heterocycles. The standard InChI is InChI=1S/C10H7FN2O/c1-5-2-6-3-7-8(4-9(11)12-7)13-10(6)14-5/h2-4,12H,1H3. The normalized spacial score (nSPS) is 11.6. The number of furan rings is 1. The Morgan fingerprint density at radius 3 is 3.07 bits per heavy atom. The maximum absolute atomic E-state index is 12.8. The van der Waals surface area contributed by atoms with Crippen LogP contribution in [0.25, 0.3) is 22.1 Å². The van der Waals surface area contributed by atoms with Gasteiger partial charge in [0.1, 0.15) is 5.76 Å². The molecule has 0 atom stereocenters. The SMILES string of the molecule is Cc1cc2cc3[nH]c(F)cc3nc2o1. The Morgan fingerprint density at radius 1 is 1.36 bits per heavy atom. The van der Waals surface area contributed by atoms with Crippen molar-refractivity contribution in [3.63, 3.8) is 0 Å². The summed E-state index contributed by atoms with van der Waals surface area (Å²) >= 11 is 0. The van der Waals surface area contributed by atoms with E-state index in [4.69, 9.17) is 4.42 Å². The first-order chi connectivity index (χ1) is 6.72. The number of aromatic nitrogens is 2. The van der Waals surface area contributed by atoms with Gasteiger partial charge in [0.15, 0.2) is 5.95 Å². The van der Waals surface area contributed by atoms with E-state index < -0.39 is 0 Å². The molecule has 4 heteroatoms. The summed E-state index contributed by atoms with van der Waals surface area (Å²) in [6, 6.07) is 5.06. The van der Waals surface area contributed by atoms with E-state index in [0.29, 0.717) is 16.7 Å². The molecule has 3 aromatic heterocycles. The van der Waals surface area contributed by atoms with Gasteiger partial charge in [-0.1, -0.05) is 0 Å². The Kier molecular flexibility index (Phi) is 1.27. The minimum atomic E-state index is -0.378. The summed E-state index contributed by atoms with van der Waals surface area (Å²) in [4.78, 5) is 6.77. The number of halogens is 1. The number of hydrogen-bond acceptors (Lipinski definition) is 2. The third-order valence-corrected chi connectivity index (χ3v) is 2.18. The quantitative estimate of drug-likeness (QED) is 0.592. The summed E-state index contributed by atoms with van der Waals surface area (Å²) in [7, 11) is 0. The molecule has 0 aliphatic carbocycles. The van der Waals surface area contributed by atoms with Crippen molar-refractivity contribution in [2.24, 2.45) is 0 Å². The van der Waals surface area contributed by atoms with Crippen LogP contribution in [0.4, 0.5) is 4.39 Å². The lowest BCUT2D eigenvalue weighted by molar-refractivity contribution is 0.569. The van der Waals surface area contributed by atoms with Crippen molar-refractivity contribution in [3.8, 4) is 0 Å². The first-order valence-corrected chi connectivity index (χ1v) is 4.28. The molecule has 0 fully saturated rings. The number of hydrogen-bond donors (Lipinski definition) is 1. The maximum Gasteiger partial charge on any atom is 0.226 e. The van der Waals surface area contributed by atoms with E-state index in [1.165, 1.54) is 6.07 Å². The monoisotopic (exact) mass is 190 g/mol. The van der Waals surface area contributed by atoms with Crippen molar-refractivity contribution in [3.05, 3.63) is 29.9 Å². The molecule has 0 saturated carbocycles. The predicted molar refractivity (Wildman–Crippen MR) is 50.6 cm³/mol. The number of nitrogens with zero attached hydrogens (tertiary/aromatic N) is 1. The molecule has 14 heavy (non-hydrogen) atoms. The third kappa shape index (κ3) is 0.937. The molecular formula is C10H7FN2O. The van der Waals surface area contributed by atoms with Crippen LogP contribution in [-0.2, 0) is 0 Å². The number of aryl methyl sites for hydroxylation is 1. The highest BCUT2D eigenvalue weighted by Gasteiger charge is 2.06. The molecule has 70 valence electrons. The van der Waals surface area contributed by atoms with Crippen LogP contribution in [0.2, 0.25) is 0 Å². The molecule has 0 radical (unpaired) electrons. The van der Waals surface area contributed by atoms with E-state index in [1.807, 2.05) is 19.1 Å². The average Bonchev–Trinajstić information content (AvgIpc) is 2.59. The Labute approximate surface area is 78.5 Å². The lowest BCUT2D eigenvalue weighted by Gasteiger charge is -1.88. The summed E-state index contributed by atoms with van der Waals surface area (Å²) in [6.07, 6.45) is 0.